The molecule has 3 heterocycles. The average molecular weight is 562 g/mol. The van der Waals surface area contributed by atoms with E-state index in [1.807, 2.05) is 54.6 Å². The van der Waals surface area contributed by atoms with Crippen molar-refractivity contribution in [2.75, 3.05) is 45.9 Å². The van der Waals surface area contributed by atoms with E-state index in [1.54, 1.807) is 17.3 Å². The van der Waals surface area contributed by atoms with Crippen LogP contribution in [0.1, 0.15) is 29.3 Å². The summed E-state index contributed by atoms with van der Waals surface area (Å²) in [5.74, 6) is -0.590. The standard InChI is InChI=1S/C30H35N5O4S/c36-27(33-20-24-7-3-6-22-5-1-2-8-25(22)24)19-26-29(38)35(30(40-26)23-9-12-31-13-10-23)21-28(37)32-11-4-14-34-15-17-39-18-16-34/h1-3,5-10,12-13,26,30H,4,11,14-21H2,(H,32,37)(H,33,36)/t26-,30-/m1/s1. The molecule has 0 aliphatic carbocycles. The Morgan fingerprint density at radius 3 is 2.58 bits per heavy atom. The fraction of sp³-hybridized carbons (Fsp3) is 0.400. The highest BCUT2D eigenvalue weighted by Crippen LogP contribution is 2.43. The predicted octanol–water partition coefficient (Wildman–Crippen LogP) is 2.72. The van der Waals surface area contributed by atoms with Gasteiger partial charge in [-0.2, -0.15) is 0 Å². The molecule has 2 aromatic carbocycles. The van der Waals surface area contributed by atoms with Gasteiger partial charge in [0, 0.05) is 45.0 Å². The van der Waals surface area contributed by atoms with Gasteiger partial charge in [0.1, 0.15) is 11.9 Å². The Balaban J connectivity index is 1.16. The molecule has 0 spiro atoms. The van der Waals surface area contributed by atoms with Crippen LogP contribution in [0, 0.1) is 0 Å². The number of hydrogen-bond acceptors (Lipinski definition) is 7. The molecular weight excluding hydrogens is 526 g/mol. The molecular formula is C30H35N5O4S. The Morgan fingerprint density at radius 2 is 1.75 bits per heavy atom. The summed E-state index contributed by atoms with van der Waals surface area (Å²) < 4.78 is 5.38. The highest BCUT2D eigenvalue weighted by molar-refractivity contribution is 8.01. The maximum Gasteiger partial charge on any atom is 0.239 e. The molecule has 210 valence electrons. The van der Waals surface area contributed by atoms with E-state index >= 15 is 0 Å². The number of nitrogens with zero attached hydrogens (tertiary/aromatic N) is 3. The summed E-state index contributed by atoms with van der Waals surface area (Å²) in [7, 11) is 0. The van der Waals surface area contributed by atoms with Crippen LogP contribution in [0.15, 0.2) is 67.0 Å². The third kappa shape index (κ3) is 7.18. The van der Waals surface area contributed by atoms with Crippen molar-refractivity contribution in [1.82, 2.24) is 25.4 Å². The first kappa shape index (κ1) is 28.1. The normalized spacial score (nSPS) is 19.6. The zero-order valence-corrected chi connectivity index (χ0v) is 23.3. The zero-order valence-electron chi connectivity index (χ0n) is 22.5. The summed E-state index contributed by atoms with van der Waals surface area (Å²) in [6.45, 7) is 5.11. The van der Waals surface area contributed by atoms with Crippen LogP contribution < -0.4 is 10.6 Å². The Bertz CT molecular complexity index is 1310. The van der Waals surface area contributed by atoms with Gasteiger partial charge in [0.2, 0.25) is 17.7 Å². The largest absolute Gasteiger partial charge is 0.379 e. The minimum Gasteiger partial charge on any atom is -0.379 e. The van der Waals surface area contributed by atoms with E-state index in [0.29, 0.717) is 13.1 Å². The number of amides is 3. The maximum absolute atomic E-state index is 13.5. The van der Waals surface area contributed by atoms with Gasteiger partial charge in [0.25, 0.3) is 0 Å². The van der Waals surface area contributed by atoms with Gasteiger partial charge in [-0.1, -0.05) is 42.5 Å². The van der Waals surface area contributed by atoms with E-state index in [1.165, 1.54) is 11.8 Å². The van der Waals surface area contributed by atoms with Crippen LogP contribution in [-0.2, 0) is 25.7 Å². The molecule has 40 heavy (non-hydrogen) atoms. The fourth-order valence-corrected chi connectivity index (χ4v) is 6.57. The van der Waals surface area contributed by atoms with E-state index in [4.69, 9.17) is 4.74 Å². The van der Waals surface area contributed by atoms with Crippen molar-refractivity contribution < 1.29 is 19.1 Å². The Morgan fingerprint density at radius 1 is 0.975 bits per heavy atom. The van der Waals surface area contributed by atoms with Crippen molar-refractivity contribution in [3.63, 3.8) is 0 Å². The second kappa shape index (κ2) is 13.7. The average Bonchev–Trinajstić information content (AvgIpc) is 3.29. The van der Waals surface area contributed by atoms with Crippen molar-refractivity contribution in [2.45, 2.75) is 30.0 Å². The van der Waals surface area contributed by atoms with Gasteiger partial charge in [0.05, 0.1) is 18.5 Å². The molecule has 2 aliphatic heterocycles. The van der Waals surface area contributed by atoms with Gasteiger partial charge in [-0.05, 0) is 47.0 Å². The summed E-state index contributed by atoms with van der Waals surface area (Å²) in [5, 5.41) is 7.23. The lowest BCUT2D eigenvalue weighted by Crippen LogP contribution is -2.42. The first-order valence-electron chi connectivity index (χ1n) is 13.7. The minimum absolute atomic E-state index is 0.0491. The molecule has 1 aromatic heterocycles. The molecule has 5 rings (SSSR count). The van der Waals surface area contributed by atoms with E-state index in [0.717, 1.165) is 61.2 Å². The highest BCUT2D eigenvalue weighted by Gasteiger charge is 2.42. The number of thioether (sulfide) groups is 1. The van der Waals surface area contributed by atoms with Crippen molar-refractivity contribution in [2.24, 2.45) is 0 Å². The van der Waals surface area contributed by atoms with Crippen LogP contribution in [0.5, 0.6) is 0 Å². The SMILES string of the molecule is O=C(C[C@H]1S[C@H](c2ccncc2)N(CC(=O)NCCCN2CCOCC2)C1=O)NCc1cccc2ccccc12. The van der Waals surface area contributed by atoms with Gasteiger partial charge in [0.15, 0.2) is 0 Å². The van der Waals surface area contributed by atoms with Gasteiger partial charge < -0.3 is 20.3 Å². The van der Waals surface area contributed by atoms with Crippen LogP contribution >= 0.6 is 11.8 Å². The molecule has 2 aliphatic rings. The molecule has 0 saturated carbocycles. The Labute approximate surface area is 238 Å². The number of carbonyl (C=O) groups is 3. The van der Waals surface area contributed by atoms with Gasteiger partial charge in [-0.3, -0.25) is 24.3 Å². The number of aromatic nitrogens is 1. The maximum atomic E-state index is 13.5. The second-order valence-corrected chi connectivity index (χ2v) is 11.3. The Kier molecular flexibility index (Phi) is 9.64. The molecule has 0 unspecified atom stereocenters. The predicted molar refractivity (Wildman–Crippen MR) is 155 cm³/mol. The second-order valence-electron chi connectivity index (χ2n) is 10.0. The molecule has 2 saturated heterocycles. The molecule has 2 N–H and O–H groups in total. The third-order valence-electron chi connectivity index (χ3n) is 7.24. The number of rotatable bonds is 11. The lowest BCUT2D eigenvalue weighted by molar-refractivity contribution is -0.136. The molecule has 3 aromatic rings. The summed E-state index contributed by atoms with van der Waals surface area (Å²) in [4.78, 5) is 47.2. The lowest BCUT2D eigenvalue weighted by atomic mass is 10.0. The monoisotopic (exact) mass is 561 g/mol. The van der Waals surface area contributed by atoms with Crippen molar-refractivity contribution in [3.8, 4) is 0 Å². The molecule has 9 nitrogen and oxygen atoms in total. The smallest absolute Gasteiger partial charge is 0.239 e. The van der Waals surface area contributed by atoms with Crippen LogP contribution in [-0.4, -0.2) is 83.7 Å². The number of ether oxygens (including phenoxy) is 1. The summed E-state index contributed by atoms with van der Waals surface area (Å²) in [5.41, 5.74) is 1.91. The van der Waals surface area contributed by atoms with Gasteiger partial charge >= 0.3 is 0 Å². The minimum atomic E-state index is -0.570. The molecule has 0 bridgehead atoms. The Hall–Kier alpha value is -3.47. The quantitative estimate of drug-likeness (QED) is 0.347. The third-order valence-corrected chi connectivity index (χ3v) is 8.72. The number of fused-ring (bicyclic) bond motifs is 1. The molecule has 0 radical (unpaired) electrons. The van der Waals surface area contributed by atoms with Crippen LogP contribution in [0.3, 0.4) is 0 Å². The van der Waals surface area contributed by atoms with Crippen molar-refractivity contribution in [1.29, 1.82) is 0 Å². The first-order valence-corrected chi connectivity index (χ1v) is 14.7. The van der Waals surface area contributed by atoms with E-state index in [9.17, 15) is 14.4 Å². The topological polar surface area (TPSA) is 104 Å². The van der Waals surface area contributed by atoms with Crippen molar-refractivity contribution in [3.05, 3.63) is 78.1 Å². The first-order chi connectivity index (χ1) is 19.6. The zero-order chi connectivity index (χ0) is 27.7. The highest BCUT2D eigenvalue weighted by atomic mass is 32.2. The number of pyridine rings is 1. The summed E-state index contributed by atoms with van der Waals surface area (Å²) in [6, 6.07) is 17.8. The summed E-state index contributed by atoms with van der Waals surface area (Å²) >= 11 is 1.41. The van der Waals surface area contributed by atoms with E-state index < -0.39 is 5.25 Å². The molecule has 3 amide bonds. The molecule has 2 fully saturated rings. The van der Waals surface area contributed by atoms with Crippen molar-refractivity contribution >= 4 is 40.3 Å². The van der Waals surface area contributed by atoms with E-state index in [2.05, 4.69) is 20.5 Å². The lowest BCUT2D eigenvalue weighted by Gasteiger charge is -2.26. The van der Waals surface area contributed by atoms with Crippen LogP contribution in [0.2, 0.25) is 0 Å². The molecule has 10 heteroatoms. The number of morpholine rings is 1. The number of carbonyl (C=O) groups excluding carboxylic acids is 3. The van der Waals surface area contributed by atoms with E-state index in [-0.39, 0.29) is 36.1 Å². The molecule has 2 atom stereocenters. The fourth-order valence-electron chi connectivity index (χ4n) is 5.12. The summed E-state index contributed by atoms with van der Waals surface area (Å²) in [6.07, 6.45) is 4.23. The van der Waals surface area contributed by atoms with Gasteiger partial charge in [-0.25, -0.2) is 0 Å². The number of benzene rings is 2. The van der Waals surface area contributed by atoms with Gasteiger partial charge in [-0.15, -0.1) is 11.8 Å². The number of nitrogens with one attached hydrogen (secondary N) is 2. The van der Waals surface area contributed by atoms with Crippen LogP contribution in [0.4, 0.5) is 0 Å². The van der Waals surface area contributed by atoms with Crippen LogP contribution in [0.25, 0.3) is 10.8 Å². The number of hydrogen-bond donors (Lipinski definition) is 2.